The average Bonchev–Trinajstić information content (AvgIpc) is 2.26. The molecule has 0 aliphatic rings. The summed E-state index contributed by atoms with van der Waals surface area (Å²) in [6.45, 7) is 5.31. The third kappa shape index (κ3) is 3.22. The lowest BCUT2D eigenvalue weighted by Crippen LogP contribution is -2.31. The van der Waals surface area contributed by atoms with Crippen LogP contribution < -0.4 is 0 Å². The van der Waals surface area contributed by atoms with Crippen LogP contribution in [0.1, 0.15) is 12.5 Å². The molecular weight excluding hydrogens is 190 g/mol. The maximum atomic E-state index is 11.5. The Bertz CT molecular complexity index is 346. The Morgan fingerprint density at radius 1 is 1.40 bits per heavy atom. The SMILES string of the molecule is C=C(C)C(=O)N(CO)Cc1ccccc1. The second-order valence-corrected chi connectivity index (χ2v) is 3.41. The van der Waals surface area contributed by atoms with Crippen LogP contribution >= 0.6 is 0 Å². The lowest BCUT2D eigenvalue weighted by molar-refractivity contribution is -0.131. The van der Waals surface area contributed by atoms with Crippen molar-refractivity contribution < 1.29 is 9.90 Å². The fraction of sp³-hybridized carbons (Fsp3) is 0.250. The van der Waals surface area contributed by atoms with Crippen LogP contribution in [0.2, 0.25) is 0 Å². The number of nitrogens with zero attached hydrogens (tertiary/aromatic N) is 1. The molecular formula is C12H15NO2. The van der Waals surface area contributed by atoms with Crippen molar-refractivity contribution in [1.29, 1.82) is 0 Å². The lowest BCUT2D eigenvalue weighted by atomic mass is 10.2. The van der Waals surface area contributed by atoms with Gasteiger partial charge in [0.25, 0.3) is 5.91 Å². The van der Waals surface area contributed by atoms with Gasteiger partial charge in [0.1, 0.15) is 6.73 Å². The maximum absolute atomic E-state index is 11.5. The van der Waals surface area contributed by atoms with E-state index in [-0.39, 0.29) is 12.6 Å². The van der Waals surface area contributed by atoms with Crippen LogP contribution in [0, 0.1) is 0 Å². The summed E-state index contributed by atoms with van der Waals surface area (Å²) in [4.78, 5) is 12.9. The molecule has 0 radical (unpaired) electrons. The summed E-state index contributed by atoms with van der Waals surface area (Å²) in [6, 6.07) is 9.53. The molecule has 80 valence electrons. The van der Waals surface area contributed by atoms with Crippen molar-refractivity contribution in [3.05, 3.63) is 48.0 Å². The van der Waals surface area contributed by atoms with E-state index in [0.29, 0.717) is 12.1 Å². The molecule has 0 unspecified atom stereocenters. The molecule has 0 heterocycles. The first-order chi connectivity index (χ1) is 7.15. The van der Waals surface area contributed by atoms with Gasteiger partial charge in [0, 0.05) is 12.1 Å². The molecule has 1 rings (SSSR count). The van der Waals surface area contributed by atoms with Crippen LogP contribution in [0.15, 0.2) is 42.5 Å². The molecule has 1 amide bonds. The zero-order valence-electron chi connectivity index (χ0n) is 8.81. The standard InChI is InChI=1S/C12H15NO2/c1-10(2)12(15)13(9-14)8-11-6-4-3-5-7-11/h3-7,14H,1,8-9H2,2H3. The van der Waals surface area contributed by atoms with Crippen molar-refractivity contribution in [1.82, 2.24) is 4.90 Å². The molecule has 0 saturated carbocycles. The molecule has 1 aromatic rings. The van der Waals surface area contributed by atoms with Crippen LogP contribution in [0.5, 0.6) is 0 Å². The third-order valence-corrected chi connectivity index (χ3v) is 2.04. The van der Waals surface area contributed by atoms with E-state index >= 15 is 0 Å². The second kappa shape index (κ2) is 5.32. The van der Waals surface area contributed by atoms with Gasteiger partial charge in [-0.2, -0.15) is 0 Å². The molecule has 0 spiro atoms. The Balaban J connectivity index is 2.70. The number of aliphatic hydroxyl groups excluding tert-OH is 1. The highest BCUT2D eigenvalue weighted by molar-refractivity contribution is 5.92. The Morgan fingerprint density at radius 2 is 2.00 bits per heavy atom. The summed E-state index contributed by atoms with van der Waals surface area (Å²) in [5.74, 6) is -0.221. The predicted octanol–water partition coefficient (Wildman–Crippen LogP) is 1.54. The minimum atomic E-state index is -0.291. The zero-order valence-corrected chi connectivity index (χ0v) is 8.81. The average molecular weight is 205 g/mol. The van der Waals surface area contributed by atoms with Crippen LogP contribution in [-0.2, 0) is 11.3 Å². The van der Waals surface area contributed by atoms with E-state index in [2.05, 4.69) is 6.58 Å². The Hall–Kier alpha value is -1.61. The van der Waals surface area contributed by atoms with Gasteiger partial charge in [0.2, 0.25) is 0 Å². The van der Waals surface area contributed by atoms with E-state index in [4.69, 9.17) is 5.11 Å². The highest BCUT2D eigenvalue weighted by Gasteiger charge is 2.12. The number of rotatable bonds is 4. The second-order valence-electron chi connectivity index (χ2n) is 3.41. The van der Waals surface area contributed by atoms with Crippen molar-refractivity contribution in [3.63, 3.8) is 0 Å². The summed E-state index contributed by atoms with van der Waals surface area (Å²) in [5.41, 5.74) is 1.42. The van der Waals surface area contributed by atoms with Crippen molar-refractivity contribution >= 4 is 5.91 Å². The fourth-order valence-corrected chi connectivity index (χ4v) is 1.26. The minimum Gasteiger partial charge on any atom is -0.376 e. The third-order valence-electron chi connectivity index (χ3n) is 2.04. The first-order valence-electron chi connectivity index (χ1n) is 4.74. The summed E-state index contributed by atoms with van der Waals surface area (Å²) in [5, 5.41) is 9.07. The van der Waals surface area contributed by atoms with E-state index in [1.54, 1.807) is 6.92 Å². The monoisotopic (exact) mass is 205 g/mol. The molecule has 3 nitrogen and oxygen atoms in total. The van der Waals surface area contributed by atoms with E-state index < -0.39 is 0 Å². The van der Waals surface area contributed by atoms with Crippen molar-refractivity contribution in [2.75, 3.05) is 6.73 Å². The van der Waals surface area contributed by atoms with E-state index in [9.17, 15) is 4.79 Å². The van der Waals surface area contributed by atoms with Gasteiger partial charge in [-0.3, -0.25) is 4.79 Å². The van der Waals surface area contributed by atoms with Crippen molar-refractivity contribution in [2.45, 2.75) is 13.5 Å². The first-order valence-corrected chi connectivity index (χ1v) is 4.74. The molecule has 0 saturated heterocycles. The lowest BCUT2D eigenvalue weighted by Gasteiger charge is -2.19. The minimum absolute atomic E-state index is 0.221. The Morgan fingerprint density at radius 3 is 2.47 bits per heavy atom. The van der Waals surface area contributed by atoms with Gasteiger partial charge < -0.3 is 10.0 Å². The molecule has 0 fully saturated rings. The number of aliphatic hydroxyl groups is 1. The smallest absolute Gasteiger partial charge is 0.251 e. The van der Waals surface area contributed by atoms with E-state index in [1.807, 2.05) is 30.3 Å². The van der Waals surface area contributed by atoms with Crippen LogP contribution in [0.4, 0.5) is 0 Å². The van der Waals surface area contributed by atoms with Gasteiger partial charge >= 0.3 is 0 Å². The highest BCUT2D eigenvalue weighted by Crippen LogP contribution is 2.06. The molecule has 15 heavy (non-hydrogen) atoms. The van der Waals surface area contributed by atoms with Gasteiger partial charge in [-0.15, -0.1) is 0 Å². The molecule has 0 aliphatic carbocycles. The van der Waals surface area contributed by atoms with Gasteiger partial charge in [-0.1, -0.05) is 36.9 Å². The molecule has 1 aromatic carbocycles. The summed E-state index contributed by atoms with van der Waals surface area (Å²) in [6.07, 6.45) is 0. The maximum Gasteiger partial charge on any atom is 0.251 e. The normalized spacial score (nSPS) is 9.73. The summed E-state index contributed by atoms with van der Waals surface area (Å²) in [7, 11) is 0. The zero-order chi connectivity index (χ0) is 11.3. The molecule has 0 atom stereocenters. The van der Waals surface area contributed by atoms with Crippen LogP contribution in [0.25, 0.3) is 0 Å². The summed E-state index contributed by atoms with van der Waals surface area (Å²) >= 11 is 0. The molecule has 0 aromatic heterocycles. The number of hydrogen-bond acceptors (Lipinski definition) is 2. The molecule has 1 N–H and O–H groups in total. The van der Waals surface area contributed by atoms with Gasteiger partial charge in [0.15, 0.2) is 0 Å². The van der Waals surface area contributed by atoms with Crippen molar-refractivity contribution in [3.8, 4) is 0 Å². The first kappa shape index (κ1) is 11.5. The number of carbonyl (C=O) groups is 1. The summed E-state index contributed by atoms with van der Waals surface area (Å²) < 4.78 is 0. The fourth-order valence-electron chi connectivity index (χ4n) is 1.26. The Labute approximate surface area is 89.6 Å². The number of hydrogen-bond donors (Lipinski definition) is 1. The topological polar surface area (TPSA) is 40.5 Å². The number of amides is 1. The van der Waals surface area contributed by atoms with Gasteiger partial charge in [-0.25, -0.2) is 0 Å². The number of benzene rings is 1. The van der Waals surface area contributed by atoms with Crippen LogP contribution in [-0.4, -0.2) is 22.6 Å². The molecule has 0 aliphatic heterocycles. The predicted molar refractivity (Wildman–Crippen MR) is 58.9 cm³/mol. The Kier molecular flexibility index (Phi) is 4.06. The van der Waals surface area contributed by atoms with Gasteiger partial charge in [-0.05, 0) is 12.5 Å². The number of carbonyl (C=O) groups excluding carboxylic acids is 1. The molecule has 0 bridgehead atoms. The largest absolute Gasteiger partial charge is 0.376 e. The van der Waals surface area contributed by atoms with Gasteiger partial charge in [0.05, 0.1) is 0 Å². The van der Waals surface area contributed by atoms with Crippen LogP contribution in [0.3, 0.4) is 0 Å². The quantitative estimate of drug-likeness (QED) is 0.598. The van der Waals surface area contributed by atoms with Crippen molar-refractivity contribution in [2.24, 2.45) is 0 Å². The highest BCUT2D eigenvalue weighted by atomic mass is 16.3. The van der Waals surface area contributed by atoms with E-state index in [1.165, 1.54) is 4.90 Å². The molecule has 3 heteroatoms. The van der Waals surface area contributed by atoms with E-state index in [0.717, 1.165) is 5.56 Å².